The molecule has 2 N–H and O–H groups in total. The van der Waals surface area contributed by atoms with Crippen molar-refractivity contribution in [1.29, 1.82) is 0 Å². The van der Waals surface area contributed by atoms with Crippen LogP contribution in [0.2, 0.25) is 0 Å². The first-order valence-corrected chi connectivity index (χ1v) is 12.5. The van der Waals surface area contributed by atoms with Crippen LogP contribution in [0.1, 0.15) is 24.2 Å². The zero-order valence-corrected chi connectivity index (χ0v) is 19.8. The molecular formula is C23H24FN3O4S2. The minimum absolute atomic E-state index is 0.0492. The maximum Gasteiger partial charge on any atom is 0.274 e. The summed E-state index contributed by atoms with van der Waals surface area (Å²) >= 11 is 1.01. The summed E-state index contributed by atoms with van der Waals surface area (Å²) in [6.07, 6.45) is 0. The number of rotatable bonds is 9. The van der Waals surface area contributed by atoms with Crippen molar-refractivity contribution in [2.75, 3.05) is 22.7 Å². The van der Waals surface area contributed by atoms with Crippen molar-refractivity contribution >= 4 is 44.5 Å². The summed E-state index contributed by atoms with van der Waals surface area (Å²) in [6, 6.07) is 14.3. The summed E-state index contributed by atoms with van der Waals surface area (Å²) in [6.45, 7) is 3.84. The number of carbonyl (C=O) groups is 2. The Hall–Kier alpha value is -3.24. The molecule has 2 aromatic carbocycles. The molecule has 3 aromatic rings. The number of hydrogen-bond acceptors (Lipinski definition) is 5. The average Bonchev–Trinajstić information content (AvgIpc) is 3.33. The lowest BCUT2D eigenvalue weighted by Gasteiger charge is -2.23. The van der Waals surface area contributed by atoms with Gasteiger partial charge in [-0.3, -0.25) is 13.9 Å². The second-order valence-corrected chi connectivity index (χ2v) is 10.7. The van der Waals surface area contributed by atoms with Crippen LogP contribution in [0.5, 0.6) is 0 Å². The van der Waals surface area contributed by atoms with Gasteiger partial charge in [-0.05, 0) is 53.8 Å². The van der Waals surface area contributed by atoms with Crippen molar-refractivity contribution in [2.45, 2.75) is 18.1 Å². The van der Waals surface area contributed by atoms with Gasteiger partial charge in [-0.25, -0.2) is 12.8 Å². The lowest BCUT2D eigenvalue weighted by Crippen LogP contribution is -2.38. The highest BCUT2D eigenvalue weighted by atomic mass is 32.2. The second-order valence-electron chi connectivity index (χ2n) is 7.62. The highest BCUT2D eigenvalue weighted by Crippen LogP contribution is 2.27. The third-order valence-electron chi connectivity index (χ3n) is 4.56. The lowest BCUT2D eigenvalue weighted by atomic mass is 10.1. The van der Waals surface area contributed by atoms with Crippen LogP contribution in [-0.2, 0) is 14.8 Å². The van der Waals surface area contributed by atoms with E-state index in [0.717, 1.165) is 27.8 Å². The van der Waals surface area contributed by atoms with Gasteiger partial charge in [0.2, 0.25) is 5.91 Å². The topological polar surface area (TPSA) is 95.6 Å². The van der Waals surface area contributed by atoms with E-state index in [4.69, 9.17) is 0 Å². The van der Waals surface area contributed by atoms with E-state index in [1.54, 1.807) is 35.7 Å². The number of nitrogens with one attached hydrogen (secondary N) is 2. The van der Waals surface area contributed by atoms with Gasteiger partial charge in [0.15, 0.2) is 0 Å². The second kappa shape index (κ2) is 10.6. The van der Waals surface area contributed by atoms with Crippen LogP contribution in [0.25, 0.3) is 0 Å². The van der Waals surface area contributed by atoms with Crippen LogP contribution in [-0.4, -0.2) is 33.3 Å². The van der Waals surface area contributed by atoms with Crippen molar-refractivity contribution in [2.24, 2.45) is 5.92 Å². The molecule has 0 atom stereocenters. The van der Waals surface area contributed by atoms with E-state index in [0.29, 0.717) is 6.54 Å². The number of hydrogen-bond donors (Lipinski definition) is 2. The summed E-state index contributed by atoms with van der Waals surface area (Å²) in [5.41, 5.74) is 0.667. The molecule has 1 heterocycles. The fourth-order valence-corrected chi connectivity index (χ4v) is 5.47. The molecule has 0 aliphatic heterocycles. The maximum atomic E-state index is 13.4. The van der Waals surface area contributed by atoms with Crippen molar-refractivity contribution in [3.8, 4) is 0 Å². The van der Waals surface area contributed by atoms with Crippen molar-refractivity contribution in [3.05, 3.63) is 77.4 Å². The molecule has 10 heteroatoms. The van der Waals surface area contributed by atoms with Crippen LogP contribution >= 0.6 is 11.3 Å². The molecule has 0 bridgehead atoms. The number of para-hydroxylation sites is 1. The van der Waals surface area contributed by atoms with Gasteiger partial charge in [0.05, 0.1) is 16.9 Å². The fourth-order valence-electron chi connectivity index (χ4n) is 2.94. The van der Waals surface area contributed by atoms with Gasteiger partial charge < -0.3 is 10.6 Å². The Morgan fingerprint density at radius 2 is 1.73 bits per heavy atom. The highest BCUT2D eigenvalue weighted by Gasteiger charge is 2.28. The Morgan fingerprint density at radius 3 is 2.36 bits per heavy atom. The smallest absolute Gasteiger partial charge is 0.274 e. The molecule has 0 saturated heterocycles. The first kappa shape index (κ1) is 24.4. The van der Waals surface area contributed by atoms with Crippen LogP contribution < -0.4 is 14.9 Å². The number of sulfonamides is 1. The molecular weight excluding hydrogens is 465 g/mol. The van der Waals surface area contributed by atoms with E-state index in [9.17, 15) is 22.4 Å². The van der Waals surface area contributed by atoms with E-state index in [1.165, 1.54) is 18.2 Å². The van der Waals surface area contributed by atoms with E-state index < -0.39 is 28.3 Å². The molecule has 0 fully saturated rings. The molecule has 0 aliphatic carbocycles. The first-order chi connectivity index (χ1) is 15.7. The third-order valence-corrected chi connectivity index (χ3v) is 7.70. The van der Waals surface area contributed by atoms with E-state index >= 15 is 0 Å². The number of anilines is 2. The quantitative estimate of drug-likeness (QED) is 0.473. The van der Waals surface area contributed by atoms with Crippen LogP contribution in [0.3, 0.4) is 0 Å². The SMILES string of the molecule is CC(C)CNC(=O)c1ccccc1NC(=O)CN(c1ccc(F)cc1)S(=O)(=O)c1cccs1. The summed E-state index contributed by atoms with van der Waals surface area (Å²) in [5.74, 6) is -1.27. The van der Waals surface area contributed by atoms with Crippen molar-refractivity contribution < 1.29 is 22.4 Å². The van der Waals surface area contributed by atoms with Crippen LogP contribution in [0.4, 0.5) is 15.8 Å². The van der Waals surface area contributed by atoms with Crippen LogP contribution in [0.15, 0.2) is 70.3 Å². The van der Waals surface area contributed by atoms with E-state index in [-0.39, 0.29) is 33.0 Å². The first-order valence-electron chi connectivity index (χ1n) is 10.2. The van der Waals surface area contributed by atoms with Crippen molar-refractivity contribution in [1.82, 2.24) is 5.32 Å². The van der Waals surface area contributed by atoms with E-state index in [1.807, 2.05) is 13.8 Å². The molecule has 0 unspecified atom stereocenters. The summed E-state index contributed by atoms with van der Waals surface area (Å²) < 4.78 is 40.8. The van der Waals surface area contributed by atoms with Gasteiger partial charge in [-0.1, -0.05) is 32.0 Å². The van der Waals surface area contributed by atoms with Crippen LogP contribution in [0, 0.1) is 11.7 Å². The van der Waals surface area contributed by atoms with Crippen molar-refractivity contribution in [3.63, 3.8) is 0 Å². The molecule has 3 rings (SSSR count). The monoisotopic (exact) mass is 489 g/mol. The molecule has 0 radical (unpaired) electrons. The Morgan fingerprint density at radius 1 is 1.03 bits per heavy atom. The van der Waals surface area contributed by atoms with Gasteiger partial charge in [0, 0.05) is 6.54 Å². The molecule has 7 nitrogen and oxygen atoms in total. The predicted molar refractivity (Wildman–Crippen MR) is 127 cm³/mol. The van der Waals surface area contributed by atoms with E-state index in [2.05, 4.69) is 10.6 Å². The summed E-state index contributed by atoms with van der Waals surface area (Å²) in [7, 11) is -4.07. The number of halogens is 1. The van der Waals surface area contributed by atoms with Gasteiger partial charge >= 0.3 is 0 Å². The minimum atomic E-state index is -4.07. The Kier molecular flexibility index (Phi) is 7.83. The number of benzene rings is 2. The lowest BCUT2D eigenvalue weighted by molar-refractivity contribution is -0.114. The Balaban J connectivity index is 1.86. The molecule has 0 spiro atoms. The Bertz CT molecular complexity index is 1210. The third kappa shape index (κ3) is 6.17. The van der Waals surface area contributed by atoms with Gasteiger partial charge in [-0.15, -0.1) is 11.3 Å². The number of nitrogens with zero attached hydrogens (tertiary/aromatic N) is 1. The molecule has 0 saturated carbocycles. The largest absolute Gasteiger partial charge is 0.352 e. The Labute approximate surface area is 196 Å². The number of amides is 2. The van der Waals surface area contributed by atoms with Gasteiger partial charge in [0.25, 0.3) is 15.9 Å². The minimum Gasteiger partial charge on any atom is -0.352 e. The zero-order valence-electron chi connectivity index (χ0n) is 18.1. The number of thiophene rings is 1. The summed E-state index contributed by atoms with van der Waals surface area (Å²) in [5, 5.41) is 7.04. The maximum absolute atomic E-state index is 13.4. The fraction of sp³-hybridized carbons (Fsp3) is 0.217. The number of carbonyl (C=O) groups excluding carboxylic acids is 2. The normalized spacial score (nSPS) is 11.3. The molecule has 2 amide bonds. The molecule has 0 aliphatic rings. The highest BCUT2D eigenvalue weighted by molar-refractivity contribution is 7.94. The standard InChI is InChI=1S/C23H24FN3O4S2/c1-16(2)14-25-23(29)19-6-3-4-7-20(19)26-21(28)15-27(18-11-9-17(24)10-12-18)33(30,31)22-8-5-13-32-22/h3-13,16H,14-15H2,1-2H3,(H,25,29)(H,26,28). The van der Waals surface area contributed by atoms with Gasteiger partial charge in [0.1, 0.15) is 16.6 Å². The molecule has 1 aromatic heterocycles. The predicted octanol–water partition coefficient (Wildman–Crippen LogP) is 4.11. The van der Waals surface area contributed by atoms with Gasteiger partial charge in [-0.2, -0.15) is 0 Å². The summed E-state index contributed by atoms with van der Waals surface area (Å²) in [4.78, 5) is 25.4. The molecule has 33 heavy (non-hydrogen) atoms. The zero-order chi connectivity index (χ0) is 24.0. The molecule has 174 valence electrons. The average molecular weight is 490 g/mol.